The van der Waals surface area contributed by atoms with Crippen LogP contribution in [-0.4, -0.2) is 23.5 Å². The number of hydrogen-bond donors (Lipinski definition) is 0. The Morgan fingerprint density at radius 3 is 2.42 bits per heavy atom. The molecule has 0 saturated heterocycles. The Balaban J connectivity index is 1.81. The first-order chi connectivity index (χ1) is 11.6. The predicted molar refractivity (Wildman–Crippen MR) is 93.3 cm³/mol. The number of halogens is 1. The Kier molecular flexibility index (Phi) is 6.79. The van der Waals surface area contributed by atoms with Crippen LogP contribution in [0.1, 0.15) is 32.3 Å². The second kappa shape index (κ2) is 9.06. The standard InChI is InChI=1S/C20H24FNO2/c1-16(2)22(15-17-9-4-3-5-10-17)20(23)13-8-14-24-19-12-7-6-11-18(19)21/h3-7,9-12,16H,8,13-15H2,1-2H3. The van der Waals surface area contributed by atoms with E-state index in [-0.39, 0.29) is 23.5 Å². The number of rotatable bonds is 8. The number of hydrogen-bond acceptors (Lipinski definition) is 2. The second-order valence-electron chi connectivity index (χ2n) is 5.98. The lowest BCUT2D eigenvalue weighted by Gasteiger charge is -2.27. The van der Waals surface area contributed by atoms with Gasteiger partial charge in [0.15, 0.2) is 11.6 Å². The summed E-state index contributed by atoms with van der Waals surface area (Å²) in [6.45, 7) is 4.95. The summed E-state index contributed by atoms with van der Waals surface area (Å²) < 4.78 is 18.9. The third-order valence-electron chi connectivity index (χ3n) is 3.77. The summed E-state index contributed by atoms with van der Waals surface area (Å²) in [6, 6.07) is 16.4. The molecule has 0 bridgehead atoms. The Labute approximate surface area is 143 Å². The highest BCUT2D eigenvalue weighted by molar-refractivity contribution is 5.76. The van der Waals surface area contributed by atoms with Gasteiger partial charge in [-0.15, -0.1) is 0 Å². The normalized spacial score (nSPS) is 10.7. The monoisotopic (exact) mass is 329 g/mol. The van der Waals surface area contributed by atoms with E-state index in [0.717, 1.165) is 5.56 Å². The van der Waals surface area contributed by atoms with E-state index in [0.29, 0.717) is 26.0 Å². The van der Waals surface area contributed by atoms with Crippen LogP contribution in [0, 0.1) is 5.82 Å². The SMILES string of the molecule is CC(C)N(Cc1ccccc1)C(=O)CCCOc1ccccc1F. The number of ether oxygens (including phenoxy) is 1. The molecular weight excluding hydrogens is 305 g/mol. The Morgan fingerprint density at radius 2 is 1.75 bits per heavy atom. The summed E-state index contributed by atoms with van der Waals surface area (Å²) in [5.74, 6) is -0.0577. The summed E-state index contributed by atoms with van der Waals surface area (Å²) in [5, 5.41) is 0. The van der Waals surface area contributed by atoms with Gasteiger partial charge in [-0.25, -0.2) is 4.39 Å². The molecular formula is C20H24FNO2. The van der Waals surface area contributed by atoms with Gasteiger partial charge in [-0.05, 0) is 38.0 Å². The number of benzene rings is 2. The van der Waals surface area contributed by atoms with Crippen molar-refractivity contribution in [2.75, 3.05) is 6.61 Å². The van der Waals surface area contributed by atoms with Crippen molar-refractivity contribution >= 4 is 5.91 Å². The molecule has 0 N–H and O–H groups in total. The molecule has 128 valence electrons. The molecule has 0 aliphatic heterocycles. The van der Waals surface area contributed by atoms with Crippen molar-refractivity contribution < 1.29 is 13.9 Å². The molecule has 3 nitrogen and oxygen atoms in total. The van der Waals surface area contributed by atoms with Gasteiger partial charge in [0, 0.05) is 19.0 Å². The second-order valence-corrected chi connectivity index (χ2v) is 5.98. The maximum atomic E-state index is 13.5. The van der Waals surface area contributed by atoms with Crippen LogP contribution in [0.3, 0.4) is 0 Å². The zero-order valence-electron chi connectivity index (χ0n) is 14.2. The van der Waals surface area contributed by atoms with Crippen LogP contribution in [0.25, 0.3) is 0 Å². The zero-order valence-corrected chi connectivity index (χ0v) is 14.2. The maximum absolute atomic E-state index is 13.5. The van der Waals surface area contributed by atoms with E-state index in [4.69, 9.17) is 4.74 Å². The van der Waals surface area contributed by atoms with Gasteiger partial charge < -0.3 is 9.64 Å². The highest BCUT2D eigenvalue weighted by atomic mass is 19.1. The van der Waals surface area contributed by atoms with Gasteiger partial charge in [0.25, 0.3) is 0 Å². The van der Waals surface area contributed by atoms with E-state index in [9.17, 15) is 9.18 Å². The fourth-order valence-electron chi connectivity index (χ4n) is 2.45. The van der Waals surface area contributed by atoms with Gasteiger partial charge >= 0.3 is 0 Å². The molecule has 24 heavy (non-hydrogen) atoms. The van der Waals surface area contributed by atoms with E-state index in [1.54, 1.807) is 18.2 Å². The first-order valence-corrected chi connectivity index (χ1v) is 8.28. The number of para-hydroxylation sites is 1. The van der Waals surface area contributed by atoms with Gasteiger partial charge in [0.1, 0.15) is 0 Å². The molecule has 0 heterocycles. The van der Waals surface area contributed by atoms with E-state index < -0.39 is 0 Å². The molecule has 0 fully saturated rings. The largest absolute Gasteiger partial charge is 0.491 e. The topological polar surface area (TPSA) is 29.5 Å². The summed E-state index contributed by atoms with van der Waals surface area (Å²) in [4.78, 5) is 14.3. The van der Waals surface area contributed by atoms with Crippen LogP contribution in [0.15, 0.2) is 54.6 Å². The van der Waals surface area contributed by atoms with Crippen LogP contribution in [-0.2, 0) is 11.3 Å². The molecule has 0 radical (unpaired) electrons. The number of carbonyl (C=O) groups excluding carboxylic acids is 1. The van der Waals surface area contributed by atoms with Crippen LogP contribution in [0.5, 0.6) is 5.75 Å². The Hall–Kier alpha value is -2.36. The number of carbonyl (C=O) groups is 1. The minimum Gasteiger partial charge on any atom is -0.491 e. The third-order valence-corrected chi connectivity index (χ3v) is 3.77. The molecule has 0 atom stereocenters. The van der Waals surface area contributed by atoms with Crippen molar-refractivity contribution in [3.8, 4) is 5.75 Å². The molecule has 1 amide bonds. The molecule has 4 heteroatoms. The van der Waals surface area contributed by atoms with Gasteiger partial charge in [-0.2, -0.15) is 0 Å². The predicted octanol–water partition coefficient (Wildman–Crippen LogP) is 4.42. The Bertz CT molecular complexity index is 643. The van der Waals surface area contributed by atoms with Gasteiger partial charge in [0.05, 0.1) is 6.61 Å². The molecule has 2 aromatic carbocycles. The summed E-state index contributed by atoms with van der Waals surface area (Å²) >= 11 is 0. The van der Waals surface area contributed by atoms with Crippen LogP contribution in [0.2, 0.25) is 0 Å². The van der Waals surface area contributed by atoms with Gasteiger partial charge in [-0.1, -0.05) is 42.5 Å². The summed E-state index contributed by atoms with van der Waals surface area (Å²) in [7, 11) is 0. The highest BCUT2D eigenvalue weighted by Gasteiger charge is 2.17. The maximum Gasteiger partial charge on any atom is 0.223 e. The lowest BCUT2D eigenvalue weighted by atomic mass is 10.1. The molecule has 0 spiro atoms. The van der Waals surface area contributed by atoms with Crippen LogP contribution < -0.4 is 4.74 Å². The van der Waals surface area contributed by atoms with Gasteiger partial charge in [-0.3, -0.25) is 4.79 Å². The van der Waals surface area contributed by atoms with Crippen molar-refractivity contribution in [2.45, 2.75) is 39.3 Å². The van der Waals surface area contributed by atoms with E-state index in [1.807, 2.05) is 49.1 Å². The molecule has 0 aliphatic carbocycles. The smallest absolute Gasteiger partial charge is 0.223 e. The average Bonchev–Trinajstić information content (AvgIpc) is 2.58. The zero-order chi connectivity index (χ0) is 17.4. The molecule has 0 aliphatic rings. The third kappa shape index (κ3) is 5.37. The van der Waals surface area contributed by atoms with E-state index in [2.05, 4.69) is 0 Å². The summed E-state index contributed by atoms with van der Waals surface area (Å²) in [5.41, 5.74) is 1.11. The van der Waals surface area contributed by atoms with Crippen LogP contribution in [0.4, 0.5) is 4.39 Å². The molecule has 2 aromatic rings. The quantitative estimate of drug-likeness (QED) is 0.671. The lowest BCUT2D eigenvalue weighted by Crippen LogP contribution is -2.36. The first-order valence-electron chi connectivity index (χ1n) is 8.28. The lowest BCUT2D eigenvalue weighted by molar-refractivity contribution is -0.133. The van der Waals surface area contributed by atoms with Crippen molar-refractivity contribution in [3.63, 3.8) is 0 Å². The van der Waals surface area contributed by atoms with Crippen molar-refractivity contribution in [1.82, 2.24) is 4.90 Å². The summed E-state index contributed by atoms with van der Waals surface area (Å²) in [6.07, 6.45) is 0.949. The molecule has 0 saturated carbocycles. The minimum absolute atomic E-state index is 0.0889. The number of nitrogens with zero attached hydrogens (tertiary/aromatic N) is 1. The van der Waals surface area contributed by atoms with Gasteiger partial charge in [0.2, 0.25) is 5.91 Å². The van der Waals surface area contributed by atoms with Crippen LogP contribution >= 0.6 is 0 Å². The Morgan fingerprint density at radius 1 is 1.08 bits per heavy atom. The molecule has 0 unspecified atom stereocenters. The molecule has 2 rings (SSSR count). The van der Waals surface area contributed by atoms with E-state index in [1.165, 1.54) is 6.07 Å². The average molecular weight is 329 g/mol. The fraction of sp³-hybridized carbons (Fsp3) is 0.350. The first kappa shape index (κ1) is 18.0. The molecule has 0 aromatic heterocycles. The highest BCUT2D eigenvalue weighted by Crippen LogP contribution is 2.16. The number of amides is 1. The van der Waals surface area contributed by atoms with Crippen molar-refractivity contribution in [1.29, 1.82) is 0 Å². The van der Waals surface area contributed by atoms with Crippen molar-refractivity contribution in [2.24, 2.45) is 0 Å². The van der Waals surface area contributed by atoms with Crippen molar-refractivity contribution in [3.05, 3.63) is 66.0 Å². The minimum atomic E-state index is -0.378. The fourth-order valence-corrected chi connectivity index (χ4v) is 2.45. The van der Waals surface area contributed by atoms with E-state index >= 15 is 0 Å².